The summed E-state index contributed by atoms with van der Waals surface area (Å²) in [7, 11) is 0. The minimum atomic E-state index is -0.297. The van der Waals surface area contributed by atoms with Crippen molar-refractivity contribution < 1.29 is 9.18 Å². The maximum Gasteiger partial charge on any atom is 0.224 e. The normalized spacial score (nSPS) is 9.77. The predicted octanol–water partition coefficient (Wildman–Crippen LogP) is 2.48. The number of carbonyl (C=O) groups excluding carboxylic acids is 1. The van der Waals surface area contributed by atoms with Gasteiger partial charge in [-0.3, -0.25) is 4.79 Å². The molecule has 0 fully saturated rings. The van der Waals surface area contributed by atoms with E-state index in [1.165, 1.54) is 6.07 Å². The highest BCUT2D eigenvalue weighted by molar-refractivity contribution is 5.91. The molecule has 0 heterocycles. The molecule has 0 bridgehead atoms. The van der Waals surface area contributed by atoms with Crippen molar-refractivity contribution >= 4 is 11.6 Å². The van der Waals surface area contributed by atoms with E-state index in [1.54, 1.807) is 26.0 Å². The fourth-order valence-electron chi connectivity index (χ4n) is 0.981. The molecule has 1 N–H and O–H groups in total. The van der Waals surface area contributed by atoms with Gasteiger partial charge in [0.1, 0.15) is 5.82 Å². The van der Waals surface area contributed by atoms with Gasteiger partial charge in [-0.1, -0.05) is 13.0 Å². The molecule has 1 aromatic carbocycles. The van der Waals surface area contributed by atoms with E-state index in [0.717, 1.165) is 0 Å². The largest absolute Gasteiger partial charge is 0.326 e. The van der Waals surface area contributed by atoms with Crippen molar-refractivity contribution in [3.05, 3.63) is 29.6 Å². The fraction of sp³-hybridized carbons (Fsp3) is 0.300. The lowest BCUT2D eigenvalue weighted by Gasteiger charge is -2.07. The number of halogens is 1. The lowest BCUT2D eigenvalue weighted by Crippen LogP contribution is -2.10. The van der Waals surface area contributed by atoms with Gasteiger partial charge in [0.05, 0.1) is 0 Å². The Kier molecular flexibility index (Phi) is 3.01. The van der Waals surface area contributed by atoms with Crippen LogP contribution in [0, 0.1) is 12.7 Å². The van der Waals surface area contributed by atoms with E-state index in [4.69, 9.17) is 0 Å². The number of rotatable bonds is 2. The third-order valence-electron chi connectivity index (χ3n) is 1.86. The Bertz CT molecular complexity index is 323. The summed E-state index contributed by atoms with van der Waals surface area (Å²) in [5, 5.41) is 2.62. The second-order valence-electron chi connectivity index (χ2n) is 2.81. The van der Waals surface area contributed by atoms with Gasteiger partial charge in [0, 0.05) is 17.7 Å². The van der Waals surface area contributed by atoms with Gasteiger partial charge in [0.2, 0.25) is 5.91 Å². The van der Waals surface area contributed by atoms with Crippen molar-refractivity contribution in [2.75, 3.05) is 5.32 Å². The first-order valence-corrected chi connectivity index (χ1v) is 4.20. The van der Waals surface area contributed by atoms with Crippen LogP contribution in [-0.4, -0.2) is 5.91 Å². The second kappa shape index (κ2) is 4.03. The summed E-state index contributed by atoms with van der Waals surface area (Å²) >= 11 is 0. The standard InChI is InChI=1S/C10H12FNO/c1-3-10(13)12-9-6-4-5-8(11)7(9)2/h4-6H,3H2,1-2H3,(H,12,13). The average Bonchev–Trinajstić information content (AvgIpc) is 2.13. The highest BCUT2D eigenvalue weighted by Gasteiger charge is 2.04. The third kappa shape index (κ3) is 2.28. The Morgan fingerprint density at radius 1 is 1.54 bits per heavy atom. The van der Waals surface area contributed by atoms with Gasteiger partial charge < -0.3 is 5.32 Å². The Balaban J connectivity index is 2.89. The molecule has 1 rings (SSSR count). The van der Waals surface area contributed by atoms with Crippen LogP contribution in [0.4, 0.5) is 10.1 Å². The highest BCUT2D eigenvalue weighted by atomic mass is 19.1. The first-order valence-electron chi connectivity index (χ1n) is 4.20. The van der Waals surface area contributed by atoms with Crippen molar-refractivity contribution in [2.45, 2.75) is 20.3 Å². The van der Waals surface area contributed by atoms with E-state index in [-0.39, 0.29) is 11.7 Å². The Labute approximate surface area is 76.8 Å². The van der Waals surface area contributed by atoms with Crippen LogP contribution in [0.3, 0.4) is 0 Å². The molecular weight excluding hydrogens is 169 g/mol. The first kappa shape index (κ1) is 9.71. The maximum atomic E-state index is 13.0. The van der Waals surface area contributed by atoms with E-state index in [2.05, 4.69) is 5.32 Å². The summed E-state index contributed by atoms with van der Waals surface area (Å²) in [6.07, 6.45) is 0.399. The molecule has 13 heavy (non-hydrogen) atoms. The van der Waals surface area contributed by atoms with E-state index in [9.17, 15) is 9.18 Å². The van der Waals surface area contributed by atoms with Crippen LogP contribution >= 0.6 is 0 Å². The smallest absolute Gasteiger partial charge is 0.224 e. The summed E-state index contributed by atoms with van der Waals surface area (Å²) in [5.74, 6) is -0.400. The van der Waals surface area contributed by atoms with Crippen LogP contribution < -0.4 is 5.32 Å². The van der Waals surface area contributed by atoms with Crippen molar-refractivity contribution in [1.29, 1.82) is 0 Å². The van der Waals surface area contributed by atoms with Crippen molar-refractivity contribution in [2.24, 2.45) is 0 Å². The van der Waals surface area contributed by atoms with Gasteiger partial charge in [-0.25, -0.2) is 4.39 Å². The van der Waals surface area contributed by atoms with E-state index < -0.39 is 0 Å². The Hall–Kier alpha value is -1.38. The minimum absolute atomic E-state index is 0.103. The van der Waals surface area contributed by atoms with Crippen LogP contribution in [0.1, 0.15) is 18.9 Å². The zero-order valence-electron chi connectivity index (χ0n) is 7.73. The molecule has 0 radical (unpaired) electrons. The van der Waals surface area contributed by atoms with Gasteiger partial charge in [0.25, 0.3) is 0 Å². The lowest BCUT2D eigenvalue weighted by atomic mass is 10.2. The molecule has 1 aromatic rings. The van der Waals surface area contributed by atoms with Crippen LogP contribution in [0.25, 0.3) is 0 Å². The van der Waals surface area contributed by atoms with Gasteiger partial charge >= 0.3 is 0 Å². The highest BCUT2D eigenvalue weighted by Crippen LogP contribution is 2.17. The maximum absolute atomic E-state index is 13.0. The number of benzene rings is 1. The molecule has 0 spiro atoms. The van der Waals surface area contributed by atoms with E-state index in [1.807, 2.05) is 0 Å². The number of hydrogen-bond donors (Lipinski definition) is 1. The molecule has 70 valence electrons. The van der Waals surface area contributed by atoms with Crippen molar-refractivity contribution in [3.8, 4) is 0 Å². The third-order valence-corrected chi connectivity index (χ3v) is 1.86. The molecule has 1 amide bonds. The van der Waals surface area contributed by atoms with Crippen molar-refractivity contribution in [1.82, 2.24) is 0 Å². The van der Waals surface area contributed by atoms with Gasteiger partial charge in [-0.05, 0) is 19.1 Å². The monoisotopic (exact) mass is 181 g/mol. The number of hydrogen-bond acceptors (Lipinski definition) is 1. The fourth-order valence-corrected chi connectivity index (χ4v) is 0.981. The van der Waals surface area contributed by atoms with Crippen molar-refractivity contribution in [3.63, 3.8) is 0 Å². The van der Waals surface area contributed by atoms with Crippen LogP contribution in [0.15, 0.2) is 18.2 Å². The molecule has 0 unspecified atom stereocenters. The summed E-state index contributed by atoms with van der Waals surface area (Å²) in [5.41, 5.74) is 1.02. The SMILES string of the molecule is CCC(=O)Nc1cccc(F)c1C. The number of nitrogens with one attached hydrogen (secondary N) is 1. The minimum Gasteiger partial charge on any atom is -0.326 e. The summed E-state index contributed by atoms with van der Waals surface area (Å²) in [6.45, 7) is 3.39. The lowest BCUT2D eigenvalue weighted by molar-refractivity contribution is -0.115. The van der Waals surface area contributed by atoms with Gasteiger partial charge in [-0.15, -0.1) is 0 Å². The molecule has 3 heteroatoms. The molecule has 0 aliphatic rings. The summed E-state index contributed by atoms with van der Waals surface area (Å²) < 4.78 is 13.0. The summed E-state index contributed by atoms with van der Waals surface area (Å²) in [6, 6.07) is 4.64. The first-order chi connectivity index (χ1) is 6.15. The topological polar surface area (TPSA) is 29.1 Å². The Morgan fingerprint density at radius 3 is 2.85 bits per heavy atom. The molecule has 0 aliphatic heterocycles. The molecular formula is C10H12FNO. The number of anilines is 1. The van der Waals surface area contributed by atoms with Crippen LogP contribution in [-0.2, 0) is 4.79 Å². The molecule has 0 atom stereocenters. The molecule has 0 aliphatic carbocycles. The predicted molar refractivity (Wildman–Crippen MR) is 50.1 cm³/mol. The second-order valence-corrected chi connectivity index (χ2v) is 2.81. The number of amides is 1. The quantitative estimate of drug-likeness (QED) is 0.746. The molecule has 0 saturated heterocycles. The average molecular weight is 181 g/mol. The van der Waals surface area contributed by atoms with Gasteiger partial charge in [0.15, 0.2) is 0 Å². The van der Waals surface area contributed by atoms with E-state index in [0.29, 0.717) is 17.7 Å². The van der Waals surface area contributed by atoms with Crippen LogP contribution in [0.5, 0.6) is 0 Å². The van der Waals surface area contributed by atoms with E-state index >= 15 is 0 Å². The molecule has 0 saturated carbocycles. The Morgan fingerprint density at radius 2 is 2.23 bits per heavy atom. The van der Waals surface area contributed by atoms with Gasteiger partial charge in [-0.2, -0.15) is 0 Å². The molecule has 2 nitrogen and oxygen atoms in total. The zero-order chi connectivity index (χ0) is 9.84. The van der Waals surface area contributed by atoms with Crippen LogP contribution in [0.2, 0.25) is 0 Å². The molecule has 0 aromatic heterocycles. The summed E-state index contributed by atoms with van der Waals surface area (Å²) in [4.78, 5) is 11.0. The zero-order valence-corrected chi connectivity index (χ0v) is 7.73. The number of carbonyl (C=O) groups is 1.